The number of benzene rings is 2. The number of nitrogens with zero attached hydrogens (tertiary/aromatic N) is 3. The number of anilines is 1. The molecule has 1 fully saturated rings. The summed E-state index contributed by atoms with van der Waals surface area (Å²) < 4.78 is 8.16. The summed E-state index contributed by atoms with van der Waals surface area (Å²) in [4.78, 5) is 0. The highest BCUT2D eigenvalue weighted by atomic mass is 16.5. The van der Waals surface area contributed by atoms with E-state index >= 15 is 0 Å². The van der Waals surface area contributed by atoms with E-state index in [4.69, 9.17) is 4.74 Å². The van der Waals surface area contributed by atoms with Crippen molar-refractivity contribution in [1.82, 2.24) is 20.4 Å². The zero-order chi connectivity index (χ0) is 25.6. The minimum absolute atomic E-state index is 0.183. The van der Waals surface area contributed by atoms with E-state index in [0.29, 0.717) is 12.1 Å². The van der Waals surface area contributed by atoms with E-state index in [-0.39, 0.29) is 6.10 Å². The van der Waals surface area contributed by atoms with E-state index in [9.17, 15) is 5.26 Å². The maximum absolute atomic E-state index is 9.38. The van der Waals surface area contributed by atoms with Crippen LogP contribution in [-0.4, -0.2) is 35.5 Å². The van der Waals surface area contributed by atoms with Crippen LogP contribution in [0.5, 0.6) is 5.75 Å². The SMILES string of the molecule is Cc1cc(C#N)c/c2c1=CCN/C(Nc1cc(O[C@@H]3CCNC3)cc(-c3cnn(C)c3)c1)=C\CCC\C=2. The second-order valence-electron chi connectivity index (χ2n) is 9.75. The summed E-state index contributed by atoms with van der Waals surface area (Å²) in [5.74, 6) is 1.83. The average molecular weight is 495 g/mol. The standard InChI is InChI=1S/C30H34N6O/c1-21-12-22(17-31)13-23-6-4-3-5-7-30(33-11-9-29(21)23)35-26-14-24(25-18-34-36(2)20-25)15-28(16-26)37-27-8-10-32-19-27/h6-7,9,12-16,18,20,27,32-33,35H,3-5,8,10-11,19H2,1-2H3/b23-6-,29-9?,30-7+/t27-/m1/s1. The fourth-order valence-corrected chi connectivity index (χ4v) is 4.94. The maximum Gasteiger partial charge on any atom is 0.122 e. The first-order chi connectivity index (χ1) is 18.1. The number of hydrogen-bond donors (Lipinski definition) is 3. The Balaban J connectivity index is 1.41. The molecule has 1 saturated heterocycles. The first-order valence-corrected chi connectivity index (χ1v) is 13.0. The van der Waals surface area contributed by atoms with Crippen LogP contribution in [0.25, 0.3) is 23.3 Å². The highest BCUT2D eigenvalue weighted by molar-refractivity contribution is 5.70. The zero-order valence-electron chi connectivity index (χ0n) is 21.6. The molecule has 0 radical (unpaired) electrons. The van der Waals surface area contributed by atoms with Gasteiger partial charge in [-0.15, -0.1) is 0 Å². The molecule has 0 amide bonds. The second kappa shape index (κ2) is 11.4. The first kappa shape index (κ1) is 24.7. The molecular weight excluding hydrogens is 460 g/mol. The van der Waals surface area contributed by atoms with E-state index in [1.807, 2.05) is 36.3 Å². The van der Waals surface area contributed by atoms with Gasteiger partial charge < -0.3 is 20.7 Å². The van der Waals surface area contributed by atoms with Crippen molar-refractivity contribution in [2.24, 2.45) is 7.05 Å². The number of rotatable bonds is 5. The zero-order valence-corrected chi connectivity index (χ0v) is 21.6. The van der Waals surface area contributed by atoms with Crippen molar-refractivity contribution in [3.05, 3.63) is 76.2 Å². The highest BCUT2D eigenvalue weighted by Crippen LogP contribution is 2.30. The van der Waals surface area contributed by atoms with Gasteiger partial charge in [0.25, 0.3) is 0 Å². The summed E-state index contributed by atoms with van der Waals surface area (Å²) in [7, 11) is 1.93. The Morgan fingerprint density at radius 2 is 2.00 bits per heavy atom. The molecule has 2 aliphatic heterocycles. The fraction of sp³-hybridized carbons (Fsp3) is 0.333. The van der Waals surface area contributed by atoms with Crippen molar-refractivity contribution in [1.29, 1.82) is 5.26 Å². The molecule has 2 aliphatic rings. The Bertz CT molecular complexity index is 1460. The van der Waals surface area contributed by atoms with Gasteiger partial charge in [-0.25, -0.2) is 0 Å². The normalized spacial score (nSPS) is 20.0. The van der Waals surface area contributed by atoms with Gasteiger partial charge in [-0.2, -0.15) is 10.4 Å². The van der Waals surface area contributed by atoms with Crippen LogP contribution in [0.4, 0.5) is 5.69 Å². The molecule has 7 heteroatoms. The van der Waals surface area contributed by atoms with Gasteiger partial charge in [-0.1, -0.05) is 12.2 Å². The molecular formula is C30H34N6O. The molecule has 3 heterocycles. The second-order valence-corrected chi connectivity index (χ2v) is 9.75. The minimum atomic E-state index is 0.183. The van der Waals surface area contributed by atoms with Crippen molar-refractivity contribution in [2.45, 2.75) is 38.7 Å². The Morgan fingerprint density at radius 3 is 2.78 bits per heavy atom. The summed E-state index contributed by atoms with van der Waals surface area (Å²) in [5.41, 5.74) is 4.92. The molecule has 2 aromatic carbocycles. The van der Waals surface area contributed by atoms with Gasteiger partial charge in [0.1, 0.15) is 11.9 Å². The topological polar surface area (TPSA) is 86.9 Å². The third kappa shape index (κ3) is 6.22. The lowest BCUT2D eigenvalue weighted by molar-refractivity contribution is 0.223. The van der Waals surface area contributed by atoms with Gasteiger partial charge >= 0.3 is 0 Å². The van der Waals surface area contributed by atoms with E-state index in [0.717, 1.165) is 77.9 Å². The largest absolute Gasteiger partial charge is 0.489 e. The molecule has 0 spiro atoms. The van der Waals surface area contributed by atoms with E-state index in [1.165, 1.54) is 5.22 Å². The number of aryl methyl sites for hydroxylation is 2. The van der Waals surface area contributed by atoms with Crippen LogP contribution in [0.15, 0.2) is 54.6 Å². The number of nitriles is 1. The monoisotopic (exact) mass is 494 g/mol. The Labute approximate surface area is 218 Å². The Kier molecular flexibility index (Phi) is 7.57. The predicted octanol–water partition coefficient (Wildman–Crippen LogP) is 3.30. The van der Waals surface area contributed by atoms with Gasteiger partial charge in [-0.3, -0.25) is 4.68 Å². The van der Waals surface area contributed by atoms with E-state index in [2.05, 4.69) is 70.5 Å². The smallest absolute Gasteiger partial charge is 0.122 e. The van der Waals surface area contributed by atoms with Gasteiger partial charge in [-0.05, 0) is 91.1 Å². The molecule has 190 valence electrons. The van der Waals surface area contributed by atoms with Gasteiger partial charge in [0.05, 0.1) is 23.7 Å². The van der Waals surface area contributed by atoms with Crippen molar-refractivity contribution < 1.29 is 4.74 Å². The van der Waals surface area contributed by atoms with E-state index < -0.39 is 0 Å². The summed E-state index contributed by atoms with van der Waals surface area (Å²) >= 11 is 0. The molecule has 1 aromatic heterocycles. The van der Waals surface area contributed by atoms with Gasteiger partial charge in [0, 0.05) is 43.7 Å². The van der Waals surface area contributed by atoms with Crippen LogP contribution in [0.1, 0.15) is 36.8 Å². The highest BCUT2D eigenvalue weighted by Gasteiger charge is 2.17. The Morgan fingerprint density at radius 1 is 1.11 bits per heavy atom. The quantitative estimate of drug-likeness (QED) is 0.505. The van der Waals surface area contributed by atoms with Gasteiger partial charge in [0.15, 0.2) is 0 Å². The summed E-state index contributed by atoms with van der Waals surface area (Å²) in [6.45, 7) is 4.61. The number of nitrogens with one attached hydrogen (secondary N) is 3. The summed E-state index contributed by atoms with van der Waals surface area (Å²) in [6, 6.07) is 12.6. The number of allylic oxidation sites excluding steroid dienone is 1. The molecule has 0 bridgehead atoms. The fourth-order valence-electron chi connectivity index (χ4n) is 4.94. The van der Waals surface area contributed by atoms with Crippen LogP contribution in [0.3, 0.4) is 0 Å². The molecule has 0 aliphatic carbocycles. The third-order valence-electron chi connectivity index (χ3n) is 6.81. The first-order valence-electron chi connectivity index (χ1n) is 13.0. The molecule has 1 atom stereocenters. The lowest BCUT2D eigenvalue weighted by Crippen LogP contribution is -2.30. The van der Waals surface area contributed by atoms with Crippen molar-refractivity contribution in [3.8, 4) is 22.9 Å². The molecule has 3 aromatic rings. The molecule has 0 unspecified atom stereocenters. The number of aromatic nitrogens is 2. The predicted molar refractivity (Wildman–Crippen MR) is 148 cm³/mol. The summed E-state index contributed by atoms with van der Waals surface area (Å²) in [6.07, 6.45) is 14.7. The molecule has 37 heavy (non-hydrogen) atoms. The van der Waals surface area contributed by atoms with Crippen LogP contribution in [0.2, 0.25) is 0 Å². The van der Waals surface area contributed by atoms with Gasteiger partial charge in [0.2, 0.25) is 0 Å². The van der Waals surface area contributed by atoms with Crippen LogP contribution in [0, 0.1) is 18.3 Å². The molecule has 3 N–H and O–H groups in total. The van der Waals surface area contributed by atoms with Crippen molar-refractivity contribution in [3.63, 3.8) is 0 Å². The van der Waals surface area contributed by atoms with E-state index in [1.54, 1.807) is 0 Å². The Hall–Kier alpha value is -4.02. The molecule has 0 saturated carbocycles. The van der Waals surface area contributed by atoms with Crippen molar-refractivity contribution >= 4 is 17.8 Å². The molecule has 7 nitrogen and oxygen atoms in total. The third-order valence-corrected chi connectivity index (χ3v) is 6.81. The van der Waals surface area contributed by atoms with Crippen molar-refractivity contribution in [2.75, 3.05) is 25.0 Å². The minimum Gasteiger partial charge on any atom is -0.489 e. The number of hydrogen-bond acceptors (Lipinski definition) is 6. The maximum atomic E-state index is 9.38. The van der Waals surface area contributed by atoms with Crippen LogP contribution >= 0.6 is 0 Å². The van der Waals surface area contributed by atoms with Crippen LogP contribution in [-0.2, 0) is 7.05 Å². The lowest BCUT2D eigenvalue weighted by Gasteiger charge is -2.17. The van der Waals surface area contributed by atoms with Crippen LogP contribution < -0.4 is 31.1 Å². The molecule has 5 rings (SSSR count). The summed E-state index contributed by atoms with van der Waals surface area (Å²) in [5, 5.41) is 26.6. The number of fused-ring (bicyclic) bond motifs is 1. The average Bonchev–Trinajstić information content (AvgIpc) is 3.55. The lowest BCUT2D eigenvalue weighted by atomic mass is 10.1. The number of ether oxygens (including phenoxy) is 1.